The van der Waals surface area contributed by atoms with Crippen LogP contribution in [-0.4, -0.2) is 23.1 Å². The third kappa shape index (κ3) is 2.33. The quantitative estimate of drug-likeness (QED) is 0.716. The fourth-order valence-electron chi connectivity index (χ4n) is 2.87. The number of benzene rings is 1. The molecule has 0 N–H and O–H groups in total. The zero-order valence-electron chi connectivity index (χ0n) is 11.7. The summed E-state index contributed by atoms with van der Waals surface area (Å²) in [5.74, 6) is -0.805. The van der Waals surface area contributed by atoms with Crippen LogP contribution in [-0.2, 0) is 0 Å². The van der Waals surface area contributed by atoms with Gasteiger partial charge in [0.05, 0.1) is 4.70 Å². The van der Waals surface area contributed by atoms with Crippen molar-refractivity contribution in [2.75, 3.05) is 18.0 Å². The second kappa shape index (κ2) is 5.28. The van der Waals surface area contributed by atoms with Gasteiger partial charge < -0.3 is 4.90 Å². The molecule has 1 aromatic carbocycles. The maximum absolute atomic E-state index is 13.8. The summed E-state index contributed by atoms with van der Waals surface area (Å²) in [6.45, 7) is 1.66. The van der Waals surface area contributed by atoms with Gasteiger partial charge in [0.25, 0.3) is 0 Å². The Labute approximate surface area is 130 Å². The average Bonchev–Trinajstić information content (AvgIpc) is 3.14. The monoisotopic (exact) mass is 317 g/mol. The lowest BCUT2D eigenvalue weighted by Crippen LogP contribution is -2.19. The molecule has 1 aliphatic rings. The van der Waals surface area contributed by atoms with Gasteiger partial charge in [0.15, 0.2) is 10.9 Å². The van der Waals surface area contributed by atoms with Crippen LogP contribution in [0.5, 0.6) is 0 Å². The predicted molar refractivity (Wildman–Crippen MR) is 83.3 cm³/mol. The van der Waals surface area contributed by atoms with Crippen molar-refractivity contribution in [3.05, 3.63) is 53.9 Å². The van der Waals surface area contributed by atoms with Crippen molar-refractivity contribution >= 4 is 26.7 Å². The molecule has 3 nitrogen and oxygen atoms in total. The molecule has 0 saturated carbocycles. The summed E-state index contributed by atoms with van der Waals surface area (Å²) in [6.07, 6.45) is 2.79. The number of fused-ring (bicyclic) bond motifs is 1. The van der Waals surface area contributed by atoms with Gasteiger partial charge in [-0.3, -0.25) is 4.98 Å². The van der Waals surface area contributed by atoms with E-state index in [9.17, 15) is 8.78 Å². The smallest absolute Gasteiger partial charge is 0.186 e. The summed E-state index contributed by atoms with van der Waals surface area (Å²) in [7, 11) is 0. The van der Waals surface area contributed by atoms with Gasteiger partial charge in [-0.05, 0) is 24.6 Å². The van der Waals surface area contributed by atoms with E-state index in [1.165, 1.54) is 17.4 Å². The van der Waals surface area contributed by atoms with Crippen molar-refractivity contribution in [1.29, 1.82) is 0 Å². The Hall–Kier alpha value is -2.08. The van der Waals surface area contributed by atoms with Gasteiger partial charge in [0.2, 0.25) is 0 Å². The molecular formula is C16H13F2N3S. The zero-order valence-corrected chi connectivity index (χ0v) is 12.5. The Balaban J connectivity index is 1.62. The van der Waals surface area contributed by atoms with Crippen molar-refractivity contribution in [3.63, 3.8) is 0 Å². The Morgan fingerprint density at radius 3 is 2.95 bits per heavy atom. The lowest BCUT2D eigenvalue weighted by Gasteiger charge is -2.14. The lowest BCUT2D eigenvalue weighted by molar-refractivity contribution is 0.591. The number of rotatable bonds is 2. The van der Waals surface area contributed by atoms with Crippen LogP contribution in [0.2, 0.25) is 0 Å². The van der Waals surface area contributed by atoms with Crippen molar-refractivity contribution in [1.82, 2.24) is 9.97 Å². The number of hydrogen-bond acceptors (Lipinski definition) is 4. The fourth-order valence-corrected chi connectivity index (χ4v) is 3.91. The van der Waals surface area contributed by atoms with Crippen molar-refractivity contribution < 1.29 is 8.78 Å². The van der Waals surface area contributed by atoms with Gasteiger partial charge in [-0.2, -0.15) is 0 Å². The van der Waals surface area contributed by atoms with Gasteiger partial charge in [0, 0.05) is 37.0 Å². The van der Waals surface area contributed by atoms with Crippen molar-refractivity contribution in [2.24, 2.45) is 0 Å². The number of halogens is 2. The number of hydrogen-bond donors (Lipinski definition) is 0. The minimum atomic E-state index is -0.599. The molecule has 1 atom stereocenters. The number of nitrogens with zero attached hydrogens (tertiary/aromatic N) is 3. The Bertz CT molecular complexity index is 819. The second-order valence-electron chi connectivity index (χ2n) is 5.42. The van der Waals surface area contributed by atoms with Gasteiger partial charge in [-0.1, -0.05) is 17.4 Å². The molecule has 0 amide bonds. The van der Waals surface area contributed by atoms with Crippen molar-refractivity contribution in [2.45, 2.75) is 12.3 Å². The molecule has 0 bridgehead atoms. The number of aromatic nitrogens is 2. The molecule has 0 radical (unpaired) electrons. The fraction of sp³-hybridized carbons (Fsp3) is 0.250. The summed E-state index contributed by atoms with van der Waals surface area (Å²) in [5, 5.41) is 0.748. The predicted octanol–water partition coefficient (Wildman–Crippen LogP) is 3.96. The first-order chi connectivity index (χ1) is 10.7. The highest BCUT2D eigenvalue weighted by molar-refractivity contribution is 7.22. The Morgan fingerprint density at radius 1 is 1.23 bits per heavy atom. The topological polar surface area (TPSA) is 29.0 Å². The van der Waals surface area contributed by atoms with E-state index in [0.717, 1.165) is 36.4 Å². The molecule has 3 aromatic rings. The first kappa shape index (κ1) is 13.6. The molecule has 6 heteroatoms. The summed E-state index contributed by atoms with van der Waals surface area (Å²) in [6, 6.07) is 8.14. The molecule has 1 fully saturated rings. The summed E-state index contributed by atoms with van der Waals surface area (Å²) >= 11 is 1.33. The molecule has 1 unspecified atom stereocenters. The van der Waals surface area contributed by atoms with E-state index in [4.69, 9.17) is 0 Å². The minimum Gasteiger partial charge on any atom is -0.347 e. The average molecular weight is 317 g/mol. The van der Waals surface area contributed by atoms with Gasteiger partial charge in [-0.25, -0.2) is 13.8 Å². The molecule has 0 spiro atoms. The standard InChI is InChI=1S/C16H13F2N3S/c17-11-7-12(18)15-14(8-11)22-16(20-15)21-6-4-10(9-21)13-3-1-2-5-19-13/h1-3,5,7-8,10H,4,6,9H2. The molecule has 2 aromatic heterocycles. The van der Waals surface area contributed by atoms with Crippen molar-refractivity contribution in [3.8, 4) is 0 Å². The van der Waals surface area contributed by atoms with Crippen LogP contribution in [0.15, 0.2) is 36.5 Å². The summed E-state index contributed by atoms with van der Waals surface area (Å²) < 4.78 is 27.6. The molecule has 112 valence electrons. The SMILES string of the molecule is Fc1cc(F)c2nc(N3CCC(c4ccccn4)C3)sc2c1. The van der Waals surface area contributed by atoms with E-state index in [0.29, 0.717) is 10.6 Å². The molecule has 3 heterocycles. The summed E-state index contributed by atoms with van der Waals surface area (Å²) in [5.41, 5.74) is 1.33. The first-order valence-electron chi connectivity index (χ1n) is 7.12. The number of anilines is 1. The van der Waals surface area contributed by atoms with Crippen LogP contribution in [0.25, 0.3) is 10.2 Å². The van der Waals surface area contributed by atoms with E-state index in [1.54, 1.807) is 6.20 Å². The van der Waals surface area contributed by atoms with Gasteiger partial charge in [0.1, 0.15) is 11.3 Å². The van der Waals surface area contributed by atoms with Gasteiger partial charge >= 0.3 is 0 Å². The highest BCUT2D eigenvalue weighted by Gasteiger charge is 2.27. The van der Waals surface area contributed by atoms with Crippen LogP contribution < -0.4 is 4.90 Å². The highest BCUT2D eigenvalue weighted by Crippen LogP contribution is 2.35. The Kier molecular flexibility index (Phi) is 3.26. The van der Waals surface area contributed by atoms with Crippen LogP contribution in [0, 0.1) is 11.6 Å². The maximum atomic E-state index is 13.8. The summed E-state index contributed by atoms with van der Waals surface area (Å²) in [4.78, 5) is 10.9. The maximum Gasteiger partial charge on any atom is 0.186 e. The van der Waals surface area contributed by atoms with E-state index in [2.05, 4.69) is 14.9 Å². The van der Waals surface area contributed by atoms with Crippen LogP contribution in [0.4, 0.5) is 13.9 Å². The Morgan fingerprint density at radius 2 is 2.14 bits per heavy atom. The zero-order chi connectivity index (χ0) is 15.1. The van der Waals surface area contributed by atoms with Crippen LogP contribution in [0.3, 0.4) is 0 Å². The molecule has 4 rings (SSSR count). The molecular weight excluding hydrogens is 304 g/mol. The minimum absolute atomic E-state index is 0.252. The van der Waals surface area contributed by atoms with E-state index in [-0.39, 0.29) is 5.52 Å². The molecule has 0 aliphatic carbocycles. The second-order valence-corrected chi connectivity index (χ2v) is 6.43. The normalized spacial score (nSPS) is 18.3. The third-order valence-corrected chi connectivity index (χ3v) is 5.03. The van der Waals surface area contributed by atoms with E-state index >= 15 is 0 Å². The van der Waals surface area contributed by atoms with Crippen LogP contribution >= 0.6 is 11.3 Å². The lowest BCUT2D eigenvalue weighted by atomic mass is 10.0. The molecule has 1 saturated heterocycles. The highest BCUT2D eigenvalue weighted by atomic mass is 32.1. The first-order valence-corrected chi connectivity index (χ1v) is 7.94. The van der Waals surface area contributed by atoms with Crippen LogP contribution in [0.1, 0.15) is 18.0 Å². The molecule has 22 heavy (non-hydrogen) atoms. The van der Waals surface area contributed by atoms with E-state index in [1.807, 2.05) is 18.2 Å². The number of pyridine rings is 1. The molecule has 1 aliphatic heterocycles. The number of thiazole rings is 1. The largest absolute Gasteiger partial charge is 0.347 e. The third-order valence-electron chi connectivity index (χ3n) is 3.97. The van der Waals surface area contributed by atoms with E-state index < -0.39 is 11.6 Å². The van der Waals surface area contributed by atoms with Gasteiger partial charge in [-0.15, -0.1) is 0 Å².